The van der Waals surface area contributed by atoms with Crippen molar-refractivity contribution in [2.24, 2.45) is 7.05 Å². The van der Waals surface area contributed by atoms with Gasteiger partial charge in [0.15, 0.2) is 0 Å². The molecule has 2 heterocycles. The second-order valence-corrected chi connectivity index (χ2v) is 7.51. The van der Waals surface area contributed by atoms with Gasteiger partial charge in [-0.05, 0) is 42.3 Å². The number of sulfonamides is 1. The average molecular weight is 336 g/mol. The maximum Gasteiger partial charge on any atom is 0.245 e. The number of aromatic nitrogens is 4. The summed E-state index contributed by atoms with van der Waals surface area (Å²) in [5.74, 6) is 0.713. The van der Waals surface area contributed by atoms with Crippen molar-refractivity contribution in [3.05, 3.63) is 29.8 Å². The van der Waals surface area contributed by atoms with Crippen molar-refractivity contribution in [2.75, 3.05) is 18.0 Å². The molecule has 1 aromatic carbocycles. The lowest BCUT2D eigenvalue weighted by molar-refractivity contribution is 0.453. The van der Waals surface area contributed by atoms with Crippen LogP contribution in [-0.4, -0.2) is 47.8 Å². The van der Waals surface area contributed by atoms with Crippen LogP contribution in [0.3, 0.4) is 0 Å². The molecule has 0 radical (unpaired) electrons. The molecule has 1 N–H and O–H groups in total. The summed E-state index contributed by atoms with van der Waals surface area (Å²) in [6.07, 6.45) is 1.44. The Bertz CT molecular complexity index is 763. The molecule has 0 spiro atoms. The molecule has 0 bridgehead atoms. The number of benzene rings is 1. The zero-order chi connectivity index (χ0) is 16.4. The standard InChI is InChI=1S/C14H20N6O2S/c1-11-3-5-13(6-4-11)23(21,22)16-12-7-9-20(10-8-12)14-15-17-18-19(14)2/h3-6,12,16H,7-10H2,1-2H3. The van der Waals surface area contributed by atoms with Crippen molar-refractivity contribution in [1.82, 2.24) is 24.9 Å². The van der Waals surface area contributed by atoms with Gasteiger partial charge < -0.3 is 4.90 Å². The second-order valence-electron chi connectivity index (χ2n) is 5.80. The lowest BCUT2D eigenvalue weighted by atomic mass is 10.1. The SMILES string of the molecule is Cc1ccc(S(=O)(=O)NC2CCN(c3nnnn3C)CC2)cc1. The van der Waals surface area contributed by atoms with E-state index in [-0.39, 0.29) is 6.04 Å². The van der Waals surface area contributed by atoms with Gasteiger partial charge in [0.25, 0.3) is 0 Å². The lowest BCUT2D eigenvalue weighted by Crippen LogP contribution is -2.45. The number of nitrogens with zero attached hydrogens (tertiary/aromatic N) is 5. The van der Waals surface area contributed by atoms with E-state index in [0.29, 0.717) is 10.8 Å². The predicted octanol–water partition coefficient (Wildman–Crippen LogP) is 0.466. The van der Waals surface area contributed by atoms with Gasteiger partial charge in [-0.2, -0.15) is 0 Å². The first kappa shape index (κ1) is 15.9. The molecule has 9 heteroatoms. The first-order valence-corrected chi connectivity index (χ1v) is 9.00. The fourth-order valence-electron chi connectivity index (χ4n) is 2.69. The van der Waals surface area contributed by atoms with E-state index >= 15 is 0 Å². The Balaban J connectivity index is 1.62. The van der Waals surface area contributed by atoms with Gasteiger partial charge in [0.1, 0.15) is 0 Å². The minimum atomic E-state index is -3.47. The molecule has 0 saturated carbocycles. The average Bonchev–Trinajstić information content (AvgIpc) is 2.94. The smallest absolute Gasteiger partial charge is 0.245 e. The summed E-state index contributed by atoms with van der Waals surface area (Å²) in [6.45, 7) is 3.37. The molecule has 124 valence electrons. The molecule has 2 aromatic rings. The Morgan fingerprint density at radius 3 is 2.39 bits per heavy atom. The Morgan fingerprint density at radius 2 is 1.83 bits per heavy atom. The van der Waals surface area contributed by atoms with E-state index in [2.05, 4.69) is 25.1 Å². The Kier molecular flexibility index (Phi) is 4.31. The van der Waals surface area contributed by atoms with Crippen LogP contribution in [0.25, 0.3) is 0 Å². The fraction of sp³-hybridized carbons (Fsp3) is 0.500. The molecule has 1 aromatic heterocycles. The minimum Gasteiger partial charge on any atom is -0.340 e. The van der Waals surface area contributed by atoms with Crippen molar-refractivity contribution in [2.45, 2.75) is 30.7 Å². The molecule has 1 aliphatic rings. The number of rotatable bonds is 4. The van der Waals surface area contributed by atoms with Crippen LogP contribution in [0.1, 0.15) is 18.4 Å². The molecular weight excluding hydrogens is 316 g/mol. The van der Waals surface area contributed by atoms with Crippen molar-refractivity contribution >= 4 is 16.0 Å². The van der Waals surface area contributed by atoms with Crippen molar-refractivity contribution < 1.29 is 8.42 Å². The Labute approximate surface area is 135 Å². The maximum atomic E-state index is 12.4. The van der Waals surface area contributed by atoms with Crippen LogP contribution >= 0.6 is 0 Å². The summed E-state index contributed by atoms with van der Waals surface area (Å²) in [6, 6.07) is 6.81. The number of nitrogens with one attached hydrogen (secondary N) is 1. The van der Waals surface area contributed by atoms with Crippen molar-refractivity contribution in [3.8, 4) is 0 Å². The van der Waals surface area contributed by atoms with E-state index in [9.17, 15) is 8.42 Å². The number of aryl methyl sites for hydroxylation is 2. The number of anilines is 1. The predicted molar refractivity (Wildman–Crippen MR) is 85.5 cm³/mol. The van der Waals surface area contributed by atoms with Crippen LogP contribution in [0.2, 0.25) is 0 Å². The minimum absolute atomic E-state index is 0.0706. The van der Waals surface area contributed by atoms with Gasteiger partial charge in [-0.3, -0.25) is 0 Å². The lowest BCUT2D eigenvalue weighted by Gasteiger charge is -2.32. The third-order valence-electron chi connectivity index (χ3n) is 4.03. The van der Waals surface area contributed by atoms with Crippen LogP contribution < -0.4 is 9.62 Å². The third-order valence-corrected chi connectivity index (χ3v) is 5.57. The monoisotopic (exact) mass is 336 g/mol. The second kappa shape index (κ2) is 6.25. The van der Waals surface area contributed by atoms with E-state index in [1.165, 1.54) is 0 Å². The highest BCUT2D eigenvalue weighted by molar-refractivity contribution is 7.89. The summed E-state index contributed by atoms with van der Waals surface area (Å²) in [4.78, 5) is 2.37. The van der Waals surface area contributed by atoms with Crippen LogP contribution in [-0.2, 0) is 17.1 Å². The topological polar surface area (TPSA) is 93.0 Å². The van der Waals surface area contributed by atoms with Gasteiger partial charge >= 0.3 is 0 Å². The summed E-state index contributed by atoms with van der Waals surface area (Å²) >= 11 is 0. The van der Waals surface area contributed by atoms with Gasteiger partial charge in [-0.25, -0.2) is 17.8 Å². The number of tetrazole rings is 1. The highest BCUT2D eigenvalue weighted by atomic mass is 32.2. The molecule has 0 aliphatic carbocycles. The summed E-state index contributed by atoms with van der Waals surface area (Å²) in [5, 5.41) is 11.4. The highest BCUT2D eigenvalue weighted by Gasteiger charge is 2.26. The first-order chi connectivity index (χ1) is 11.0. The molecule has 23 heavy (non-hydrogen) atoms. The summed E-state index contributed by atoms with van der Waals surface area (Å²) < 4.78 is 29.2. The normalized spacial score (nSPS) is 16.7. The summed E-state index contributed by atoms with van der Waals surface area (Å²) in [7, 11) is -1.68. The number of hydrogen-bond acceptors (Lipinski definition) is 6. The van der Waals surface area contributed by atoms with Crippen LogP contribution in [0, 0.1) is 6.92 Å². The van der Waals surface area contributed by atoms with Gasteiger partial charge in [0.05, 0.1) is 4.90 Å². The number of hydrogen-bond donors (Lipinski definition) is 1. The third kappa shape index (κ3) is 3.50. The van der Waals surface area contributed by atoms with E-state index in [0.717, 1.165) is 31.5 Å². The van der Waals surface area contributed by atoms with Gasteiger partial charge in [0, 0.05) is 26.2 Å². The number of piperidine rings is 1. The van der Waals surface area contributed by atoms with E-state index in [4.69, 9.17) is 0 Å². The van der Waals surface area contributed by atoms with Gasteiger partial charge in [-0.1, -0.05) is 22.8 Å². The van der Waals surface area contributed by atoms with Crippen LogP contribution in [0.4, 0.5) is 5.95 Å². The van der Waals surface area contributed by atoms with Gasteiger partial charge in [-0.15, -0.1) is 0 Å². The van der Waals surface area contributed by atoms with Crippen molar-refractivity contribution in [1.29, 1.82) is 0 Å². The first-order valence-electron chi connectivity index (χ1n) is 7.52. The highest BCUT2D eigenvalue weighted by Crippen LogP contribution is 2.18. The molecule has 1 fully saturated rings. The van der Waals surface area contributed by atoms with E-state index in [1.54, 1.807) is 36.0 Å². The molecular formula is C14H20N6O2S. The molecule has 0 atom stereocenters. The van der Waals surface area contributed by atoms with Gasteiger partial charge in [0.2, 0.25) is 16.0 Å². The van der Waals surface area contributed by atoms with Crippen molar-refractivity contribution in [3.63, 3.8) is 0 Å². The zero-order valence-corrected chi connectivity index (χ0v) is 14.0. The Hall–Kier alpha value is -2.00. The quantitative estimate of drug-likeness (QED) is 0.872. The molecule has 0 unspecified atom stereocenters. The van der Waals surface area contributed by atoms with E-state index in [1.807, 2.05) is 6.92 Å². The summed E-state index contributed by atoms with van der Waals surface area (Å²) in [5.41, 5.74) is 1.04. The largest absolute Gasteiger partial charge is 0.340 e. The van der Waals surface area contributed by atoms with E-state index < -0.39 is 10.0 Å². The molecule has 8 nitrogen and oxygen atoms in total. The zero-order valence-electron chi connectivity index (χ0n) is 13.2. The maximum absolute atomic E-state index is 12.4. The fourth-order valence-corrected chi connectivity index (χ4v) is 4.00. The molecule has 1 saturated heterocycles. The Morgan fingerprint density at radius 1 is 1.17 bits per heavy atom. The van der Waals surface area contributed by atoms with Crippen LogP contribution in [0.15, 0.2) is 29.2 Å². The van der Waals surface area contributed by atoms with Crippen LogP contribution in [0.5, 0.6) is 0 Å². The molecule has 3 rings (SSSR count). The molecule has 1 aliphatic heterocycles. The molecule has 0 amide bonds.